The highest BCUT2D eigenvalue weighted by atomic mass is 16.2. The number of allylic oxidation sites excluding steroid dienone is 1. The van der Waals surface area contributed by atoms with Crippen LogP contribution in [0.15, 0.2) is 30.5 Å². The SMILES string of the molecule is CC(=O)N1C=C(C)c2ccccc2C1. The summed E-state index contributed by atoms with van der Waals surface area (Å²) in [4.78, 5) is 13.0. The van der Waals surface area contributed by atoms with E-state index in [1.54, 1.807) is 11.8 Å². The molecule has 1 heterocycles. The number of hydrogen-bond acceptors (Lipinski definition) is 1. The summed E-state index contributed by atoms with van der Waals surface area (Å²) in [5, 5.41) is 0. The summed E-state index contributed by atoms with van der Waals surface area (Å²) in [6, 6.07) is 8.20. The minimum Gasteiger partial charge on any atom is -0.315 e. The summed E-state index contributed by atoms with van der Waals surface area (Å²) >= 11 is 0. The molecular weight excluding hydrogens is 174 g/mol. The van der Waals surface area contributed by atoms with Gasteiger partial charge in [-0.3, -0.25) is 4.79 Å². The normalized spacial score (nSPS) is 14.7. The quantitative estimate of drug-likeness (QED) is 0.610. The van der Waals surface area contributed by atoms with Gasteiger partial charge in [0, 0.05) is 13.1 Å². The molecule has 0 fully saturated rings. The molecule has 1 amide bonds. The first kappa shape index (κ1) is 9.00. The number of amides is 1. The fourth-order valence-corrected chi connectivity index (χ4v) is 1.78. The van der Waals surface area contributed by atoms with Crippen LogP contribution >= 0.6 is 0 Å². The zero-order chi connectivity index (χ0) is 10.1. The maximum absolute atomic E-state index is 11.2. The largest absolute Gasteiger partial charge is 0.315 e. The molecule has 1 aliphatic rings. The Bertz CT molecular complexity index is 407. The molecule has 0 N–H and O–H groups in total. The Morgan fingerprint density at radius 2 is 2.07 bits per heavy atom. The molecular formula is C12H13NO. The summed E-state index contributed by atoms with van der Waals surface area (Å²) < 4.78 is 0. The third-order valence-electron chi connectivity index (χ3n) is 2.54. The zero-order valence-electron chi connectivity index (χ0n) is 8.45. The molecule has 1 aromatic rings. The molecule has 0 aromatic heterocycles. The van der Waals surface area contributed by atoms with E-state index in [0.717, 1.165) is 5.57 Å². The molecule has 2 nitrogen and oxygen atoms in total. The van der Waals surface area contributed by atoms with Crippen molar-refractivity contribution >= 4 is 11.5 Å². The van der Waals surface area contributed by atoms with Crippen molar-refractivity contribution in [2.24, 2.45) is 0 Å². The van der Waals surface area contributed by atoms with Gasteiger partial charge in [0.2, 0.25) is 5.91 Å². The lowest BCUT2D eigenvalue weighted by atomic mass is 9.98. The number of benzene rings is 1. The summed E-state index contributed by atoms with van der Waals surface area (Å²) in [5.74, 6) is 0.0962. The van der Waals surface area contributed by atoms with Gasteiger partial charge in [-0.1, -0.05) is 24.3 Å². The van der Waals surface area contributed by atoms with Crippen LogP contribution in [-0.4, -0.2) is 10.8 Å². The second-order valence-electron chi connectivity index (χ2n) is 3.62. The summed E-state index contributed by atoms with van der Waals surface area (Å²) in [6.45, 7) is 4.33. The minimum atomic E-state index is 0.0962. The number of fused-ring (bicyclic) bond motifs is 1. The van der Waals surface area contributed by atoms with E-state index >= 15 is 0 Å². The van der Waals surface area contributed by atoms with Crippen LogP contribution in [0.2, 0.25) is 0 Å². The molecule has 0 unspecified atom stereocenters. The van der Waals surface area contributed by atoms with Crippen molar-refractivity contribution in [3.05, 3.63) is 41.6 Å². The molecule has 1 aliphatic heterocycles. The molecule has 72 valence electrons. The van der Waals surface area contributed by atoms with E-state index in [0.29, 0.717) is 6.54 Å². The monoisotopic (exact) mass is 187 g/mol. The third kappa shape index (κ3) is 1.43. The second-order valence-corrected chi connectivity index (χ2v) is 3.62. The first-order valence-corrected chi connectivity index (χ1v) is 4.72. The van der Waals surface area contributed by atoms with Crippen LogP contribution in [0.3, 0.4) is 0 Å². The lowest BCUT2D eigenvalue weighted by molar-refractivity contribution is -0.126. The van der Waals surface area contributed by atoms with Gasteiger partial charge in [0.1, 0.15) is 0 Å². The summed E-state index contributed by atoms with van der Waals surface area (Å²) in [5.41, 5.74) is 3.63. The van der Waals surface area contributed by atoms with Crippen LogP contribution in [0, 0.1) is 0 Å². The Morgan fingerprint density at radius 1 is 1.36 bits per heavy atom. The van der Waals surface area contributed by atoms with Crippen LogP contribution in [0.4, 0.5) is 0 Å². The van der Waals surface area contributed by atoms with Crippen LogP contribution in [-0.2, 0) is 11.3 Å². The Balaban J connectivity index is 2.44. The highest BCUT2D eigenvalue weighted by Gasteiger charge is 2.15. The van der Waals surface area contributed by atoms with E-state index in [9.17, 15) is 4.79 Å². The van der Waals surface area contributed by atoms with Gasteiger partial charge in [-0.15, -0.1) is 0 Å². The predicted octanol–water partition coefficient (Wildman–Crippen LogP) is 2.41. The lowest BCUT2D eigenvalue weighted by Crippen LogP contribution is -2.25. The molecule has 0 radical (unpaired) electrons. The molecule has 0 saturated heterocycles. The minimum absolute atomic E-state index is 0.0962. The van der Waals surface area contributed by atoms with Crippen molar-refractivity contribution in [3.8, 4) is 0 Å². The Kier molecular flexibility index (Phi) is 2.12. The van der Waals surface area contributed by atoms with Gasteiger partial charge in [0.05, 0.1) is 6.54 Å². The lowest BCUT2D eigenvalue weighted by Gasteiger charge is -2.25. The third-order valence-corrected chi connectivity index (χ3v) is 2.54. The van der Waals surface area contributed by atoms with E-state index in [2.05, 4.69) is 12.1 Å². The molecule has 0 aliphatic carbocycles. The first-order chi connectivity index (χ1) is 6.68. The average Bonchev–Trinajstić information content (AvgIpc) is 2.17. The zero-order valence-corrected chi connectivity index (χ0v) is 8.45. The van der Waals surface area contributed by atoms with Gasteiger partial charge >= 0.3 is 0 Å². The summed E-state index contributed by atoms with van der Waals surface area (Å²) in [6.07, 6.45) is 1.92. The number of rotatable bonds is 0. The Morgan fingerprint density at radius 3 is 2.79 bits per heavy atom. The van der Waals surface area contributed by atoms with Gasteiger partial charge < -0.3 is 4.90 Å². The van der Waals surface area contributed by atoms with Gasteiger partial charge in [-0.2, -0.15) is 0 Å². The molecule has 14 heavy (non-hydrogen) atoms. The molecule has 2 rings (SSSR count). The highest BCUT2D eigenvalue weighted by molar-refractivity contribution is 5.79. The fourth-order valence-electron chi connectivity index (χ4n) is 1.78. The smallest absolute Gasteiger partial charge is 0.223 e. The standard InChI is InChI=1S/C12H13NO/c1-9-7-13(10(2)14)8-11-5-3-4-6-12(9)11/h3-7H,8H2,1-2H3. The van der Waals surface area contributed by atoms with Crippen molar-refractivity contribution < 1.29 is 4.79 Å². The molecule has 1 aromatic carbocycles. The van der Waals surface area contributed by atoms with Crippen LogP contribution < -0.4 is 0 Å². The number of nitrogens with zero attached hydrogens (tertiary/aromatic N) is 1. The molecule has 0 atom stereocenters. The summed E-state index contributed by atoms with van der Waals surface area (Å²) in [7, 11) is 0. The number of carbonyl (C=O) groups is 1. The van der Waals surface area contributed by atoms with Crippen LogP contribution in [0.1, 0.15) is 25.0 Å². The average molecular weight is 187 g/mol. The molecule has 2 heteroatoms. The second kappa shape index (κ2) is 3.29. The van der Waals surface area contributed by atoms with E-state index in [1.165, 1.54) is 11.1 Å². The number of carbonyl (C=O) groups excluding carboxylic acids is 1. The van der Waals surface area contributed by atoms with Crippen molar-refractivity contribution in [2.75, 3.05) is 0 Å². The van der Waals surface area contributed by atoms with Crippen molar-refractivity contribution in [1.29, 1.82) is 0 Å². The predicted molar refractivity (Wildman–Crippen MR) is 56.3 cm³/mol. The van der Waals surface area contributed by atoms with E-state index < -0.39 is 0 Å². The van der Waals surface area contributed by atoms with Crippen LogP contribution in [0.5, 0.6) is 0 Å². The van der Waals surface area contributed by atoms with Gasteiger partial charge in [-0.05, 0) is 23.6 Å². The highest BCUT2D eigenvalue weighted by Crippen LogP contribution is 2.25. The molecule has 0 saturated carbocycles. The van der Waals surface area contributed by atoms with E-state index in [4.69, 9.17) is 0 Å². The Hall–Kier alpha value is -1.57. The van der Waals surface area contributed by atoms with Crippen molar-refractivity contribution in [2.45, 2.75) is 20.4 Å². The van der Waals surface area contributed by atoms with Crippen LogP contribution in [0.25, 0.3) is 5.57 Å². The van der Waals surface area contributed by atoms with E-state index in [1.807, 2.05) is 25.3 Å². The van der Waals surface area contributed by atoms with Gasteiger partial charge in [-0.25, -0.2) is 0 Å². The maximum Gasteiger partial charge on any atom is 0.223 e. The fraction of sp³-hybridized carbons (Fsp3) is 0.250. The van der Waals surface area contributed by atoms with Gasteiger partial charge in [0.15, 0.2) is 0 Å². The van der Waals surface area contributed by atoms with Crippen molar-refractivity contribution in [1.82, 2.24) is 4.90 Å². The first-order valence-electron chi connectivity index (χ1n) is 4.72. The van der Waals surface area contributed by atoms with Gasteiger partial charge in [0.25, 0.3) is 0 Å². The maximum atomic E-state index is 11.2. The Labute approximate surface area is 83.8 Å². The topological polar surface area (TPSA) is 20.3 Å². The van der Waals surface area contributed by atoms with E-state index in [-0.39, 0.29) is 5.91 Å². The van der Waals surface area contributed by atoms with Crippen molar-refractivity contribution in [3.63, 3.8) is 0 Å². The molecule has 0 spiro atoms. The number of hydrogen-bond donors (Lipinski definition) is 0. The molecule has 0 bridgehead atoms.